The highest BCUT2D eigenvalue weighted by Gasteiger charge is 2.28. The molecule has 0 aromatic rings. The fourth-order valence-corrected chi connectivity index (χ4v) is 0.855. The molecule has 0 amide bonds. The van der Waals surface area contributed by atoms with Gasteiger partial charge in [-0.1, -0.05) is 0 Å². The highest BCUT2D eigenvalue weighted by Crippen LogP contribution is 2.02. The van der Waals surface area contributed by atoms with Crippen molar-refractivity contribution in [2.75, 3.05) is 0 Å². The van der Waals surface area contributed by atoms with Crippen LogP contribution in [0.25, 0.3) is 0 Å². The SMILES string of the molecule is O=C(O)CCC(=O)C(=O)OC(CC(=O)O)C(=O)O. The number of hydrogen-bond acceptors (Lipinski definition) is 6. The Kier molecular flexibility index (Phi) is 6.04. The van der Waals surface area contributed by atoms with Crippen LogP contribution in [0.4, 0.5) is 0 Å². The smallest absolute Gasteiger partial charge is 0.375 e. The minimum atomic E-state index is -1.98. The summed E-state index contributed by atoms with van der Waals surface area (Å²) in [6.45, 7) is 0. The van der Waals surface area contributed by atoms with Crippen LogP contribution < -0.4 is 0 Å². The number of aliphatic carboxylic acids is 3. The van der Waals surface area contributed by atoms with Crippen molar-refractivity contribution >= 4 is 29.7 Å². The lowest BCUT2D eigenvalue weighted by atomic mass is 10.2. The average molecular weight is 262 g/mol. The summed E-state index contributed by atoms with van der Waals surface area (Å²) < 4.78 is 4.16. The summed E-state index contributed by atoms with van der Waals surface area (Å²) in [5, 5.41) is 25.1. The molecule has 18 heavy (non-hydrogen) atoms. The number of carbonyl (C=O) groups is 5. The van der Waals surface area contributed by atoms with Gasteiger partial charge in [0.25, 0.3) is 0 Å². The number of ketones is 1. The van der Waals surface area contributed by atoms with Crippen LogP contribution in [0.3, 0.4) is 0 Å². The van der Waals surface area contributed by atoms with Gasteiger partial charge in [0.05, 0.1) is 12.8 Å². The maximum atomic E-state index is 11.0. The topological polar surface area (TPSA) is 155 Å². The Hall–Kier alpha value is -2.45. The molecule has 0 bridgehead atoms. The van der Waals surface area contributed by atoms with E-state index in [1.165, 1.54) is 0 Å². The summed E-state index contributed by atoms with van der Waals surface area (Å²) in [4.78, 5) is 52.9. The van der Waals surface area contributed by atoms with Crippen molar-refractivity contribution in [2.45, 2.75) is 25.4 Å². The fourth-order valence-electron chi connectivity index (χ4n) is 0.855. The first-order valence-electron chi connectivity index (χ1n) is 4.64. The molecule has 0 aromatic heterocycles. The lowest BCUT2D eigenvalue weighted by Gasteiger charge is -2.10. The Balaban J connectivity index is 4.41. The summed E-state index contributed by atoms with van der Waals surface area (Å²) in [6.07, 6.45) is -4.23. The van der Waals surface area contributed by atoms with E-state index < -0.39 is 55.0 Å². The summed E-state index contributed by atoms with van der Waals surface area (Å²) in [5.74, 6) is -7.33. The summed E-state index contributed by atoms with van der Waals surface area (Å²) in [7, 11) is 0. The molecule has 9 nitrogen and oxygen atoms in total. The second-order valence-corrected chi connectivity index (χ2v) is 3.15. The highest BCUT2D eigenvalue weighted by atomic mass is 16.6. The van der Waals surface area contributed by atoms with E-state index in [4.69, 9.17) is 15.3 Å². The minimum absolute atomic E-state index is 0.607. The predicted molar refractivity (Wildman–Crippen MR) is 51.6 cm³/mol. The van der Waals surface area contributed by atoms with Gasteiger partial charge in [-0.05, 0) is 0 Å². The number of ether oxygens (including phenoxy) is 1. The zero-order chi connectivity index (χ0) is 14.3. The van der Waals surface area contributed by atoms with Gasteiger partial charge in [-0.3, -0.25) is 14.4 Å². The molecule has 0 heterocycles. The van der Waals surface area contributed by atoms with Crippen LogP contribution in [0.15, 0.2) is 0 Å². The van der Waals surface area contributed by atoms with Crippen molar-refractivity contribution < 1.29 is 44.0 Å². The third kappa shape index (κ3) is 6.20. The number of Topliss-reactive ketones (excluding diaryl/α,β-unsaturated/α-hetero) is 1. The van der Waals surface area contributed by atoms with Crippen molar-refractivity contribution in [1.29, 1.82) is 0 Å². The Morgan fingerprint density at radius 1 is 0.889 bits per heavy atom. The van der Waals surface area contributed by atoms with E-state index in [1.807, 2.05) is 0 Å². The van der Waals surface area contributed by atoms with Gasteiger partial charge in [-0.2, -0.15) is 0 Å². The largest absolute Gasteiger partial charge is 0.481 e. The third-order valence-corrected chi connectivity index (χ3v) is 1.68. The van der Waals surface area contributed by atoms with E-state index in [0.717, 1.165) is 0 Å². The first kappa shape index (κ1) is 15.6. The zero-order valence-electron chi connectivity index (χ0n) is 8.99. The molecule has 0 aromatic carbocycles. The van der Waals surface area contributed by atoms with Gasteiger partial charge < -0.3 is 20.1 Å². The molecule has 0 aliphatic heterocycles. The zero-order valence-corrected chi connectivity index (χ0v) is 8.99. The van der Waals surface area contributed by atoms with E-state index >= 15 is 0 Å². The van der Waals surface area contributed by atoms with Gasteiger partial charge in [0, 0.05) is 6.42 Å². The minimum Gasteiger partial charge on any atom is -0.481 e. The van der Waals surface area contributed by atoms with Gasteiger partial charge in [0.15, 0.2) is 0 Å². The molecule has 1 unspecified atom stereocenters. The molecule has 0 aliphatic carbocycles. The van der Waals surface area contributed by atoms with Gasteiger partial charge in [-0.25, -0.2) is 9.59 Å². The van der Waals surface area contributed by atoms with Gasteiger partial charge >= 0.3 is 23.9 Å². The summed E-state index contributed by atoms with van der Waals surface area (Å²) in [6, 6.07) is 0. The van der Waals surface area contributed by atoms with Crippen LogP contribution in [0.2, 0.25) is 0 Å². The molecule has 1 atom stereocenters. The monoisotopic (exact) mass is 262 g/mol. The molecule has 0 fully saturated rings. The van der Waals surface area contributed by atoms with Crippen LogP contribution in [0.5, 0.6) is 0 Å². The molecule has 0 saturated carbocycles. The first-order valence-corrected chi connectivity index (χ1v) is 4.64. The predicted octanol–water partition coefficient (Wildman–Crippen LogP) is -1.11. The van der Waals surface area contributed by atoms with Crippen molar-refractivity contribution in [3.8, 4) is 0 Å². The Morgan fingerprint density at radius 3 is 1.83 bits per heavy atom. The second kappa shape index (κ2) is 6.99. The molecule has 0 radical (unpaired) electrons. The van der Waals surface area contributed by atoms with Crippen LogP contribution >= 0.6 is 0 Å². The summed E-state index contributed by atoms with van der Waals surface area (Å²) in [5.41, 5.74) is 0. The molecule has 100 valence electrons. The Bertz CT molecular complexity index is 383. The lowest BCUT2D eigenvalue weighted by molar-refractivity contribution is -0.170. The molecule has 0 spiro atoms. The molecule has 0 saturated heterocycles. The lowest BCUT2D eigenvalue weighted by Crippen LogP contribution is -2.32. The fraction of sp³-hybridized carbons (Fsp3) is 0.444. The van der Waals surface area contributed by atoms with Crippen LogP contribution in [0.1, 0.15) is 19.3 Å². The Morgan fingerprint density at radius 2 is 1.44 bits per heavy atom. The van der Waals surface area contributed by atoms with E-state index in [1.54, 1.807) is 0 Å². The van der Waals surface area contributed by atoms with Crippen LogP contribution in [-0.2, 0) is 28.7 Å². The van der Waals surface area contributed by atoms with E-state index in [2.05, 4.69) is 4.74 Å². The summed E-state index contributed by atoms with van der Waals surface area (Å²) >= 11 is 0. The number of esters is 1. The molecular formula is C9H10O9. The maximum absolute atomic E-state index is 11.0. The van der Waals surface area contributed by atoms with Crippen molar-refractivity contribution in [3.05, 3.63) is 0 Å². The van der Waals surface area contributed by atoms with Gasteiger partial charge in [0.1, 0.15) is 0 Å². The molecular weight excluding hydrogens is 252 g/mol. The van der Waals surface area contributed by atoms with Crippen molar-refractivity contribution in [3.63, 3.8) is 0 Å². The molecule has 0 aliphatic rings. The van der Waals surface area contributed by atoms with E-state index in [-0.39, 0.29) is 0 Å². The van der Waals surface area contributed by atoms with E-state index in [0.29, 0.717) is 0 Å². The number of carboxylic acid groups (broad SMARTS) is 3. The normalized spacial score (nSPS) is 11.3. The number of carboxylic acids is 3. The average Bonchev–Trinajstić information content (AvgIpc) is 2.23. The van der Waals surface area contributed by atoms with E-state index in [9.17, 15) is 24.0 Å². The first-order chi connectivity index (χ1) is 8.23. The third-order valence-electron chi connectivity index (χ3n) is 1.68. The van der Waals surface area contributed by atoms with Gasteiger partial charge in [-0.15, -0.1) is 0 Å². The number of hydrogen-bond donors (Lipinski definition) is 3. The molecule has 0 rings (SSSR count). The highest BCUT2D eigenvalue weighted by molar-refractivity contribution is 6.34. The second-order valence-electron chi connectivity index (χ2n) is 3.15. The Labute approximate surface area is 100.0 Å². The van der Waals surface area contributed by atoms with Gasteiger partial charge in [0.2, 0.25) is 11.9 Å². The quantitative estimate of drug-likeness (QED) is 0.364. The number of carbonyl (C=O) groups excluding carboxylic acids is 2. The van der Waals surface area contributed by atoms with Crippen molar-refractivity contribution in [1.82, 2.24) is 0 Å². The van der Waals surface area contributed by atoms with Crippen LogP contribution in [0, 0.1) is 0 Å². The molecule has 9 heteroatoms. The van der Waals surface area contributed by atoms with Crippen molar-refractivity contribution in [2.24, 2.45) is 0 Å². The molecule has 3 N–H and O–H groups in total. The standard InChI is InChI=1S/C9H10O9/c10-4(1-2-6(11)12)9(17)18-5(8(15)16)3-7(13)14/h5H,1-3H2,(H,11,12)(H,13,14)(H,15,16). The number of rotatable bonds is 8. The van der Waals surface area contributed by atoms with Crippen LogP contribution in [-0.4, -0.2) is 51.1 Å². The maximum Gasteiger partial charge on any atom is 0.375 e.